The minimum absolute atomic E-state index is 0.0519. The van der Waals surface area contributed by atoms with Crippen LogP contribution in [0.3, 0.4) is 0 Å². The van der Waals surface area contributed by atoms with Crippen molar-refractivity contribution < 1.29 is 19.4 Å². The summed E-state index contributed by atoms with van der Waals surface area (Å²) in [4.78, 5) is 22.6. The molecule has 3 N–H and O–H groups in total. The SMILES string of the molecule is CCCNC1COCC1C(=O)NC(C)CCC(=O)O. The zero-order valence-corrected chi connectivity index (χ0v) is 11.6. The summed E-state index contributed by atoms with van der Waals surface area (Å²) in [6.07, 6.45) is 1.53. The van der Waals surface area contributed by atoms with Gasteiger partial charge in [-0.1, -0.05) is 6.92 Å². The number of rotatable bonds is 8. The van der Waals surface area contributed by atoms with E-state index in [4.69, 9.17) is 9.84 Å². The molecule has 0 aromatic carbocycles. The van der Waals surface area contributed by atoms with E-state index in [1.807, 2.05) is 6.92 Å². The molecule has 3 atom stereocenters. The quantitative estimate of drug-likeness (QED) is 0.594. The first-order valence-corrected chi connectivity index (χ1v) is 6.87. The summed E-state index contributed by atoms with van der Waals surface area (Å²) in [6.45, 7) is 5.75. The maximum atomic E-state index is 12.1. The van der Waals surface area contributed by atoms with E-state index < -0.39 is 5.97 Å². The van der Waals surface area contributed by atoms with Crippen LogP contribution in [0.2, 0.25) is 0 Å². The third-order valence-electron chi connectivity index (χ3n) is 3.25. The smallest absolute Gasteiger partial charge is 0.303 e. The number of carboxylic acids is 1. The molecule has 0 saturated carbocycles. The van der Waals surface area contributed by atoms with Gasteiger partial charge in [-0.2, -0.15) is 0 Å². The van der Waals surface area contributed by atoms with Gasteiger partial charge >= 0.3 is 5.97 Å². The summed E-state index contributed by atoms with van der Waals surface area (Å²) < 4.78 is 5.35. The van der Waals surface area contributed by atoms with E-state index in [-0.39, 0.29) is 30.3 Å². The molecule has 0 spiro atoms. The number of carbonyl (C=O) groups excluding carboxylic acids is 1. The van der Waals surface area contributed by atoms with Crippen molar-refractivity contribution in [1.29, 1.82) is 0 Å². The topological polar surface area (TPSA) is 87.7 Å². The van der Waals surface area contributed by atoms with Crippen molar-refractivity contribution in [2.75, 3.05) is 19.8 Å². The molecule has 0 aliphatic carbocycles. The molecule has 1 saturated heterocycles. The third kappa shape index (κ3) is 5.57. The van der Waals surface area contributed by atoms with E-state index in [1.165, 1.54) is 0 Å². The largest absolute Gasteiger partial charge is 0.481 e. The second-order valence-electron chi connectivity index (χ2n) is 5.05. The van der Waals surface area contributed by atoms with Gasteiger partial charge in [0.2, 0.25) is 5.91 Å². The highest BCUT2D eigenvalue weighted by atomic mass is 16.5. The van der Waals surface area contributed by atoms with Crippen molar-refractivity contribution >= 4 is 11.9 Å². The number of hydrogen-bond acceptors (Lipinski definition) is 4. The van der Waals surface area contributed by atoms with Gasteiger partial charge in [0.1, 0.15) is 0 Å². The van der Waals surface area contributed by atoms with Gasteiger partial charge in [0.15, 0.2) is 0 Å². The molecule has 19 heavy (non-hydrogen) atoms. The predicted octanol–water partition coefficient (Wildman–Crippen LogP) is 0.371. The van der Waals surface area contributed by atoms with Crippen LogP contribution in [0.25, 0.3) is 0 Å². The van der Waals surface area contributed by atoms with Crippen LogP contribution in [0, 0.1) is 5.92 Å². The van der Waals surface area contributed by atoms with Gasteiger partial charge in [-0.3, -0.25) is 9.59 Å². The zero-order chi connectivity index (χ0) is 14.3. The summed E-state index contributed by atoms with van der Waals surface area (Å²) in [5.74, 6) is -1.07. The first-order chi connectivity index (χ1) is 9.04. The molecule has 0 radical (unpaired) electrons. The lowest BCUT2D eigenvalue weighted by atomic mass is 10.0. The fraction of sp³-hybridized carbons (Fsp3) is 0.846. The van der Waals surface area contributed by atoms with Crippen LogP contribution in [0.5, 0.6) is 0 Å². The standard InChI is InChI=1S/C13H24N2O4/c1-3-6-14-11-8-19-7-10(11)13(18)15-9(2)4-5-12(16)17/h9-11,14H,3-8H2,1-2H3,(H,15,18)(H,16,17). The number of amides is 1. The van der Waals surface area contributed by atoms with Gasteiger partial charge in [-0.15, -0.1) is 0 Å². The Morgan fingerprint density at radius 1 is 1.42 bits per heavy atom. The molecular weight excluding hydrogens is 248 g/mol. The Hall–Kier alpha value is -1.14. The maximum absolute atomic E-state index is 12.1. The lowest BCUT2D eigenvalue weighted by molar-refractivity contribution is -0.137. The van der Waals surface area contributed by atoms with Gasteiger partial charge < -0.3 is 20.5 Å². The van der Waals surface area contributed by atoms with Crippen molar-refractivity contribution in [2.45, 2.75) is 45.2 Å². The maximum Gasteiger partial charge on any atom is 0.303 e. The molecule has 1 heterocycles. The minimum Gasteiger partial charge on any atom is -0.481 e. The van der Waals surface area contributed by atoms with Crippen LogP contribution in [0.4, 0.5) is 0 Å². The molecule has 1 rings (SSSR count). The minimum atomic E-state index is -0.840. The van der Waals surface area contributed by atoms with Crippen LogP contribution >= 0.6 is 0 Å². The van der Waals surface area contributed by atoms with Gasteiger partial charge in [0.05, 0.1) is 19.1 Å². The molecule has 110 valence electrons. The predicted molar refractivity (Wildman–Crippen MR) is 70.9 cm³/mol. The van der Waals surface area contributed by atoms with Crippen molar-refractivity contribution in [3.05, 3.63) is 0 Å². The monoisotopic (exact) mass is 272 g/mol. The van der Waals surface area contributed by atoms with Crippen LogP contribution in [0.15, 0.2) is 0 Å². The van der Waals surface area contributed by atoms with Crippen molar-refractivity contribution in [3.8, 4) is 0 Å². The Morgan fingerprint density at radius 2 is 2.16 bits per heavy atom. The third-order valence-corrected chi connectivity index (χ3v) is 3.25. The van der Waals surface area contributed by atoms with Crippen LogP contribution in [0.1, 0.15) is 33.1 Å². The Labute approximate surface area is 113 Å². The first-order valence-electron chi connectivity index (χ1n) is 6.87. The highest BCUT2D eigenvalue weighted by molar-refractivity contribution is 5.80. The molecule has 1 aliphatic rings. The Morgan fingerprint density at radius 3 is 2.79 bits per heavy atom. The molecule has 1 amide bonds. The zero-order valence-electron chi connectivity index (χ0n) is 11.6. The number of ether oxygens (including phenoxy) is 1. The van der Waals surface area contributed by atoms with Crippen LogP contribution in [-0.4, -0.2) is 48.8 Å². The molecule has 0 aromatic heterocycles. The lowest BCUT2D eigenvalue weighted by Crippen LogP contribution is -2.46. The number of aliphatic carboxylic acids is 1. The highest BCUT2D eigenvalue weighted by Gasteiger charge is 2.33. The number of carboxylic acid groups (broad SMARTS) is 1. The van der Waals surface area contributed by atoms with E-state index in [9.17, 15) is 9.59 Å². The first kappa shape index (κ1) is 15.9. The van der Waals surface area contributed by atoms with E-state index in [0.717, 1.165) is 13.0 Å². The Kier molecular flexibility index (Phi) is 6.80. The second-order valence-corrected chi connectivity index (χ2v) is 5.05. The number of nitrogens with one attached hydrogen (secondary N) is 2. The average molecular weight is 272 g/mol. The number of hydrogen-bond donors (Lipinski definition) is 3. The van der Waals surface area contributed by atoms with Gasteiger partial charge in [0, 0.05) is 18.5 Å². The average Bonchev–Trinajstić information content (AvgIpc) is 2.82. The second kappa shape index (κ2) is 8.12. The molecule has 0 aromatic rings. The van der Waals surface area contributed by atoms with Gasteiger partial charge in [-0.05, 0) is 26.3 Å². The van der Waals surface area contributed by atoms with Crippen molar-refractivity contribution in [3.63, 3.8) is 0 Å². The fourth-order valence-corrected chi connectivity index (χ4v) is 2.11. The normalized spacial score (nSPS) is 24.1. The summed E-state index contributed by atoms with van der Waals surface area (Å²) >= 11 is 0. The van der Waals surface area contributed by atoms with Gasteiger partial charge in [0.25, 0.3) is 0 Å². The Balaban J connectivity index is 2.36. The van der Waals surface area contributed by atoms with Crippen molar-refractivity contribution in [2.24, 2.45) is 5.92 Å². The van der Waals surface area contributed by atoms with Crippen molar-refractivity contribution in [1.82, 2.24) is 10.6 Å². The van der Waals surface area contributed by atoms with Crippen LogP contribution in [-0.2, 0) is 14.3 Å². The Bertz CT molecular complexity index is 309. The molecule has 1 aliphatic heterocycles. The molecule has 3 unspecified atom stereocenters. The van der Waals surface area contributed by atoms with E-state index in [2.05, 4.69) is 17.6 Å². The summed E-state index contributed by atoms with van der Waals surface area (Å²) in [5, 5.41) is 14.8. The van der Waals surface area contributed by atoms with Crippen LogP contribution < -0.4 is 10.6 Å². The fourth-order valence-electron chi connectivity index (χ4n) is 2.11. The molecule has 6 heteroatoms. The van der Waals surface area contributed by atoms with E-state index in [1.54, 1.807) is 0 Å². The lowest BCUT2D eigenvalue weighted by Gasteiger charge is -2.21. The van der Waals surface area contributed by atoms with E-state index >= 15 is 0 Å². The summed E-state index contributed by atoms with van der Waals surface area (Å²) in [7, 11) is 0. The molecule has 1 fully saturated rings. The summed E-state index contributed by atoms with van der Waals surface area (Å²) in [5.41, 5.74) is 0. The highest BCUT2D eigenvalue weighted by Crippen LogP contribution is 2.14. The van der Waals surface area contributed by atoms with E-state index in [0.29, 0.717) is 19.6 Å². The molecule has 0 bridgehead atoms. The molecule has 6 nitrogen and oxygen atoms in total. The summed E-state index contributed by atoms with van der Waals surface area (Å²) in [6, 6.07) is -0.0670. The number of carbonyl (C=O) groups is 2. The van der Waals surface area contributed by atoms with Gasteiger partial charge in [-0.25, -0.2) is 0 Å². The molecular formula is C13H24N2O4.